The van der Waals surface area contributed by atoms with Gasteiger partial charge < -0.3 is 37.9 Å². The Labute approximate surface area is 218 Å². The molecule has 0 saturated heterocycles. The molecule has 2 rings (SSSR count). The van der Waals surface area contributed by atoms with Gasteiger partial charge in [0.25, 0.3) is 0 Å². The molecule has 14 nitrogen and oxygen atoms in total. The first-order valence-electron chi connectivity index (χ1n) is 11.5. The third-order valence-electron chi connectivity index (χ3n) is 4.90. The summed E-state index contributed by atoms with van der Waals surface area (Å²) in [7, 11) is 0. The van der Waals surface area contributed by atoms with Crippen molar-refractivity contribution in [1.29, 1.82) is 0 Å². The summed E-state index contributed by atoms with van der Waals surface area (Å²) >= 11 is 0. The van der Waals surface area contributed by atoms with Crippen LogP contribution in [0, 0.1) is 0 Å². The van der Waals surface area contributed by atoms with E-state index in [2.05, 4.69) is 0 Å². The maximum absolute atomic E-state index is 11.9. The van der Waals surface area contributed by atoms with Crippen molar-refractivity contribution in [2.45, 2.75) is 78.2 Å². The van der Waals surface area contributed by atoms with Gasteiger partial charge in [0.2, 0.25) is 0 Å². The largest absolute Gasteiger partial charge is 0.463 e. The highest BCUT2D eigenvalue weighted by Crippen LogP contribution is 2.34. The molecule has 0 amide bonds. The predicted octanol–water partition coefficient (Wildman–Crippen LogP) is 0.405. The summed E-state index contributed by atoms with van der Waals surface area (Å²) in [4.78, 5) is 70.0. The van der Waals surface area contributed by atoms with Gasteiger partial charge >= 0.3 is 35.8 Å². The molecule has 2 aliphatic heterocycles. The molecule has 0 N–H and O–H groups in total. The lowest BCUT2D eigenvalue weighted by Crippen LogP contribution is -2.53. The molecular weight excluding hydrogens is 512 g/mol. The van der Waals surface area contributed by atoms with Crippen LogP contribution in [0.3, 0.4) is 0 Å². The first-order valence-corrected chi connectivity index (χ1v) is 11.5. The number of hydrogen-bond donors (Lipinski definition) is 0. The summed E-state index contributed by atoms with van der Waals surface area (Å²) in [6.07, 6.45) is -4.54. The van der Waals surface area contributed by atoms with Gasteiger partial charge in [-0.25, -0.2) is 0 Å². The van der Waals surface area contributed by atoms with Crippen molar-refractivity contribution in [3.05, 3.63) is 23.7 Å². The van der Waals surface area contributed by atoms with Crippen LogP contribution in [0.15, 0.2) is 23.7 Å². The Balaban J connectivity index is 2.57. The van der Waals surface area contributed by atoms with Gasteiger partial charge in [-0.3, -0.25) is 28.8 Å². The van der Waals surface area contributed by atoms with Crippen LogP contribution < -0.4 is 0 Å². The van der Waals surface area contributed by atoms with Crippen molar-refractivity contribution >= 4 is 35.8 Å². The highest BCUT2D eigenvalue weighted by molar-refractivity contribution is 5.69. The van der Waals surface area contributed by atoms with Crippen molar-refractivity contribution in [3.8, 4) is 0 Å². The van der Waals surface area contributed by atoms with Crippen LogP contribution in [-0.2, 0) is 66.7 Å². The zero-order valence-electron chi connectivity index (χ0n) is 21.7. The molecule has 0 spiro atoms. The highest BCUT2D eigenvalue weighted by atomic mass is 16.7. The average molecular weight is 542 g/mol. The number of ether oxygens (including phenoxy) is 8. The van der Waals surface area contributed by atoms with E-state index < -0.39 is 72.4 Å². The van der Waals surface area contributed by atoms with Crippen LogP contribution in [0.4, 0.5) is 0 Å². The Morgan fingerprint density at radius 1 is 0.579 bits per heavy atom. The van der Waals surface area contributed by atoms with Crippen molar-refractivity contribution < 1.29 is 66.7 Å². The molecule has 0 radical (unpaired) electrons. The normalized spacial score (nSPS) is 26.6. The van der Waals surface area contributed by atoms with Gasteiger partial charge in [-0.15, -0.1) is 0 Å². The van der Waals surface area contributed by atoms with Crippen LogP contribution in [0.25, 0.3) is 0 Å². The van der Waals surface area contributed by atoms with E-state index in [1.54, 1.807) is 0 Å². The minimum absolute atomic E-state index is 0.164. The van der Waals surface area contributed by atoms with E-state index in [9.17, 15) is 28.8 Å². The fraction of sp³-hybridized carbons (Fsp3) is 0.583. The highest BCUT2D eigenvalue weighted by Gasteiger charge is 2.47. The predicted molar refractivity (Wildman–Crippen MR) is 121 cm³/mol. The van der Waals surface area contributed by atoms with Crippen LogP contribution in [0.5, 0.6) is 0 Å². The van der Waals surface area contributed by atoms with Gasteiger partial charge in [-0.1, -0.05) is 0 Å². The summed E-state index contributed by atoms with van der Waals surface area (Å²) in [6.45, 7) is 6.15. The fourth-order valence-corrected chi connectivity index (χ4v) is 3.62. The average Bonchev–Trinajstić information content (AvgIpc) is 2.76. The van der Waals surface area contributed by atoms with Gasteiger partial charge in [0, 0.05) is 53.7 Å². The summed E-state index contributed by atoms with van der Waals surface area (Å²) < 4.78 is 43.2. The molecule has 2 heterocycles. The maximum Gasteiger partial charge on any atom is 0.307 e. The zero-order valence-corrected chi connectivity index (χ0v) is 21.7. The standard InChI is InChI=1S/C24H30O14/c1-11(25)31-9-21-17(33-13(3)27)7-19(35-15(5)29)23(37-21)24-20(36-16(6)30)8-18(34-14(4)28)22(38-24)10-32-12(2)26/h7-8,17-18,21-24H,9-10H2,1-6H3/t17-,18-,21-,22+,23+,24+/m1/s1. The number of carbonyl (C=O) groups is 6. The fourth-order valence-electron chi connectivity index (χ4n) is 3.62. The Kier molecular flexibility index (Phi) is 11.0. The summed E-state index contributed by atoms with van der Waals surface area (Å²) in [5.41, 5.74) is 0. The zero-order chi connectivity index (χ0) is 28.6. The molecular formula is C24H30O14. The molecule has 38 heavy (non-hydrogen) atoms. The first-order chi connectivity index (χ1) is 17.8. The van der Waals surface area contributed by atoms with E-state index in [-0.39, 0.29) is 24.7 Å². The number of rotatable bonds is 9. The third kappa shape index (κ3) is 9.27. The Morgan fingerprint density at radius 2 is 0.921 bits per heavy atom. The maximum atomic E-state index is 11.9. The molecule has 14 heteroatoms. The van der Waals surface area contributed by atoms with E-state index in [1.165, 1.54) is 26.0 Å². The van der Waals surface area contributed by atoms with Gasteiger partial charge in [-0.2, -0.15) is 0 Å². The molecule has 0 bridgehead atoms. The Hall–Kier alpha value is -3.78. The lowest BCUT2D eigenvalue weighted by Gasteiger charge is -2.41. The van der Waals surface area contributed by atoms with Crippen molar-refractivity contribution in [2.24, 2.45) is 0 Å². The lowest BCUT2D eigenvalue weighted by molar-refractivity contribution is -0.202. The molecule has 2 aliphatic rings. The van der Waals surface area contributed by atoms with Crippen molar-refractivity contribution in [2.75, 3.05) is 13.2 Å². The second-order valence-corrected chi connectivity index (χ2v) is 8.27. The molecule has 6 atom stereocenters. The molecule has 0 fully saturated rings. The van der Waals surface area contributed by atoms with Crippen LogP contribution in [0.2, 0.25) is 0 Å². The van der Waals surface area contributed by atoms with E-state index >= 15 is 0 Å². The number of esters is 6. The van der Waals surface area contributed by atoms with Gasteiger partial charge in [0.05, 0.1) is 0 Å². The summed E-state index contributed by atoms with van der Waals surface area (Å²) in [6, 6.07) is 0. The molecule has 0 unspecified atom stereocenters. The van der Waals surface area contributed by atoms with E-state index in [0.29, 0.717) is 0 Å². The Morgan fingerprint density at radius 3 is 1.18 bits per heavy atom. The monoisotopic (exact) mass is 542 g/mol. The lowest BCUT2D eigenvalue weighted by atomic mass is 9.98. The quantitative estimate of drug-likeness (QED) is 0.289. The van der Waals surface area contributed by atoms with Crippen molar-refractivity contribution in [3.63, 3.8) is 0 Å². The van der Waals surface area contributed by atoms with Crippen LogP contribution >= 0.6 is 0 Å². The SMILES string of the molecule is CC(=O)OC[C@@H]1O[C@H]([C@H]2O[C@H](COC(C)=O)[C@H](OC(C)=O)C=C2OC(C)=O)C(OC(C)=O)=C[C@H]1OC(C)=O. The second kappa shape index (κ2) is 13.7. The van der Waals surface area contributed by atoms with E-state index in [1.807, 2.05) is 0 Å². The van der Waals surface area contributed by atoms with Crippen LogP contribution in [0.1, 0.15) is 41.5 Å². The van der Waals surface area contributed by atoms with E-state index in [0.717, 1.165) is 27.7 Å². The third-order valence-corrected chi connectivity index (χ3v) is 4.90. The molecule has 0 saturated carbocycles. The molecule has 0 aliphatic carbocycles. The second-order valence-electron chi connectivity index (χ2n) is 8.27. The minimum Gasteiger partial charge on any atom is -0.463 e. The first kappa shape index (κ1) is 30.4. The summed E-state index contributed by atoms with van der Waals surface area (Å²) in [5, 5.41) is 0. The molecule has 0 aromatic heterocycles. The number of carbonyl (C=O) groups excluding carboxylic acids is 6. The van der Waals surface area contributed by atoms with E-state index in [4.69, 9.17) is 37.9 Å². The molecule has 0 aromatic rings. The van der Waals surface area contributed by atoms with Gasteiger partial charge in [0.15, 0.2) is 12.2 Å². The van der Waals surface area contributed by atoms with Crippen molar-refractivity contribution in [1.82, 2.24) is 0 Å². The van der Waals surface area contributed by atoms with Crippen LogP contribution in [-0.4, -0.2) is 85.7 Å². The molecule has 210 valence electrons. The van der Waals surface area contributed by atoms with Gasteiger partial charge in [-0.05, 0) is 0 Å². The smallest absolute Gasteiger partial charge is 0.307 e. The topological polar surface area (TPSA) is 176 Å². The Bertz CT molecular complexity index is 932. The van der Waals surface area contributed by atoms with Gasteiger partial charge in [0.1, 0.15) is 49.1 Å². The minimum atomic E-state index is -1.32. The number of hydrogen-bond acceptors (Lipinski definition) is 14. The molecule has 0 aromatic carbocycles. The summed E-state index contributed by atoms with van der Waals surface area (Å²) in [5.74, 6) is -4.50.